The molecule has 2 saturated heterocycles. The van der Waals surface area contributed by atoms with E-state index in [2.05, 4.69) is 5.32 Å². The molecule has 1 N–H and O–H groups in total. The predicted molar refractivity (Wildman–Crippen MR) is 128 cm³/mol. The second-order valence-corrected chi connectivity index (χ2v) is 10.6. The number of rotatable bonds is 8. The summed E-state index contributed by atoms with van der Waals surface area (Å²) < 4.78 is 32.1. The minimum absolute atomic E-state index is 0.0461. The molecule has 2 aliphatic rings. The number of morpholine rings is 1. The highest BCUT2D eigenvalue weighted by molar-refractivity contribution is 7.89. The molecule has 34 heavy (non-hydrogen) atoms. The van der Waals surface area contributed by atoms with Gasteiger partial charge in [0.15, 0.2) is 0 Å². The van der Waals surface area contributed by atoms with E-state index >= 15 is 0 Å². The van der Waals surface area contributed by atoms with Gasteiger partial charge in [0, 0.05) is 44.7 Å². The third-order valence-electron chi connectivity index (χ3n) is 6.23. The molecule has 2 heterocycles. The maximum atomic E-state index is 12.7. The molecule has 0 atom stereocenters. The summed E-state index contributed by atoms with van der Waals surface area (Å²) in [6.07, 6.45) is 2.90. The van der Waals surface area contributed by atoms with Crippen LogP contribution < -0.4 is 5.32 Å². The molecule has 9 heteroatoms. The van der Waals surface area contributed by atoms with Crippen LogP contribution in [0.15, 0.2) is 53.4 Å². The van der Waals surface area contributed by atoms with Crippen LogP contribution in [0.5, 0.6) is 0 Å². The van der Waals surface area contributed by atoms with Crippen molar-refractivity contribution in [1.82, 2.24) is 14.5 Å². The molecule has 0 radical (unpaired) electrons. The number of sulfonamides is 1. The largest absolute Gasteiger partial charge is 0.379 e. The standard InChI is InChI=1S/C25H31N3O5S/c29-24(26-19-21-4-3-5-22(18-21)25(30)27-12-1-2-13-27)11-8-20-6-9-23(10-7-20)34(31,32)28-14-16-33-17-15-28/h3-7,9-10,18H,1-2,8,11-17,19H2,(H,26,29). The number of carbonyl (C=O) groups excluding carboxylic acids is 2. The van der Waals surface area contributed by atoms with Crippen molar-refractivity contribution in [2.24, 2.45) is 0 Å². The topological polar surface area (TPSA) is 96.0 Å². The van der Waals surface area contributed by atoms with E-state index in [4.69, 9.17) is 4.74 Å². The lowest BCUT2D eigenvalue weighted by Gasteiger charge is -2.26. The number of carbonyl (C=O) groups is 2. The lowest BCUT2D eigenvalue weighted by atomic mass is 10.1. The number of benzene rings is 2. The number of ether oxygens (including phenoxy) is 1. The van der Waals surface area contributed by atoms with Gasteiger partial charge >= 0.3 is 0 Å². The molecule has 0 unspecified atom stereocenters. The van der Waals surface area contributed by atoms with Gasteiger partial charge in [-0.1, -0.05) is 24.3 Å². The van der Waals surface area contributed by atoms with Gasteiger partial charge in [0.05, 0.1) is 18.1 Å². The number of hydrogen-bond donors (Lipinski definition) is 1. The Morgan fingerprint density at radius 2 is 1.62 bits per heavy atom. The Bertz CT molecular complexity index is 1110. The first-order valence-electron chi connectivity index (χ1n) is 11.8. The molecule has 8 nitrogen and oxygen atoms in total. The van der Waals surface area contributed by atoms with E-state index in [1.165, 1.54) is 4.31 Å². The van der Waals surface area contributed by atoms with E-state index in [0.717, 1.165) is 37.1 Å². The number of amides is 2. The average molecular weight is 486 g/mol. The highest BCUT2D eigenvalue weighted by Gasteiger charge is 2.26. The van der Waals surface area contributed by atoms with Crippen LogP contribution in [0.25, 0.3) is 0 Å². The zero-order chi connectivity index (χ0) is 24.0. The van der Waals surface area contributed by atoms with Gasteiger partial charge in [-0.2, -0.15) is 4.31 Å². The van der Waals surface area contributed by atoms with Crippen molar-refractivity contribution in [3.05, 3.63) is 65.2 Å². The minimum Gasteiger partial charge on any atom is -0.379 e. The summed E-state index contributed by atoms with van der Waals surface area (Å²) in [6.45, 7) is 3.51. The number of nitrogens with one attached hydrogen (secondary N) is 1. The Labute approximate surface area is 200 Å². The third-order valence-corrected chi connectivity index (χ3v) is 8.14. The van der Waals surface area contributed by atoms with Crippen molar-refractivity contribution in [2.45, 2.75) is 37.1 Å². The second-order valence-electron chi connectivity index (χ2n) is 8.64. The molecule has 0 aromatic heterocycles. The Morgan fingerprint density at radius 1 is 0.912 bits per heavy atom. The van der Waals surface area contributed by atoms with Crippen LogP contribution in [-0.4, -0.2) is 68.8 Å². The monoisotopic (exact) mass is 485 g/mol. The summed E-state index contributed by atoms with van der Waals surface area (Å²) in [5.41, 5.74) is 2.44. The summed E-state index contributed by atoms with van der Waals surface area (Å²) >= 11 is 0. The number of hydrogen-bond acceptors (Lipinski definition) is 5. The molecule has 0 saturated carbocycles. The van der Waals surface area contributed by atoms with Crippen molar-refractivity contribution in [3.63, 3.8) is 0 Å². The number of aryl methyl sites for hydroxylation is 1. The minimum atomic E-state index is -3.52. The van der Waals surface area contributed by atoms with E-state index in [9.17, 15) is 18.0 Å². The van der Waals surface area contributed by atoms with E-state index in [0.29, 0.717) is 51.3 Å². The highest BCUT2D eigenvalue weighted by atomic mass is 32.2. The van der Waals surface area contributed by atoms with E-state index in [1.807, 2.05) is 29.2 Å². The second kappa shape index (κ2) is 11.1. The van der Waals surface area contributed by atoms with Crippen LogP contribution in [0.3, 0.4) is 0 Å². The molecule has 0 aliphatic carbocycles. The molecular formula is C25H31N3O5S. The fourth-order valence-corrected chi connectivity index (χ4v) is 5.64. The molecule has 2 fully saturated rings. The van der Waals surface area contributed by atoms with Crippen LogP contribution in [0.4, 0.5) is 0 Å². The maximum Gasteiger partial charge on any atom is 0.253 e. The van der Waals surface area contributed by atoms with Crippen LogP contribution in [0.2, 0.25) is 0 Å². The molecule has 2 amide bonds. The first kappa shape index (κ1) is 24.4. The van der Waals surface area contributed by atoms with Crippen LogP contribution >= 0.6 is 0 Å². The quantitative estimate of drug-likeness (QED) is 0.618. The summed E-state index contributed by atoms with van der Waals surface area (Å²) in [4.78, 5) is 27.0. The van der Waals surface area contributed by atoms with Crippen LogP contribution in [0, 0.1) is 0 Å². The summed E-state index contributed by atoms with van der Waals surface area (Å²) in [5, 5.41) is 2.91. The Kier molecular flexibility index (Phi) is 7.97. The molecule has 2 aliphatic heterocycles. The fourth-order valence-electron chi connectivity index (χ4n) is 4.23. The molecule has 0 bridgehead atoms. The molecule has 0 spiro atoms. The number of nitrogens with zero attached hydrogens (tertiary/aromatic N) is 2. The molecule has 4 rings (SSSR count). The van der Waals surface area contributed by atoms with Gasteiger partial charge in [0.1, 0.15) is 0 Å². The Hall–Kier alpha value is -2.75. The van der Waals surface area contributed by atoms with Gasteiger partial charge in [0.25, 0.3) is 5.91 Å². The fraction of sp³-hybridized carbons (Fsp3) is 0.440. The van der Waals surface area contributed by atoms with Gasteiger partial charge in [-0.25, -0.2) is 8.42 Å². The van der Waals surface area contributed by atoms with Crippen LogP contribution in [-0.2, 0) is 32.5 Å². The SMILES string of the molecule is O=C(CCc1ccc(S(=O)(=O)N2CCOCC2)cc1)NCc1cccc(C(=O)N2CCCC2)c1. The molecular weight excluding hydrogens is 454 g/mol. The van der Waals surface area contributed by atoms with E-state index in [1.54, 1.807) is 24.3 Å². The number of likely N-dealkylation sites (tertiary alicyclic amines) is 1. The van der Waals surface area contributed by atoms with Crippen molar-refractivity contribution in [1.29, 1.82) is 0 Å². The van der Waals surface area contributed by atoms with E-state index in [-0.39, 0.29) is 16.7 Å². The first-order chi connectivity index (χ1) is 16.4. The summed E-state index contributed by atoms with van der Waals surface area (Å²) in [5.74, 6) is -0.0500. The van der Waals surface area contributed by atoms with Crippen LogP contribution in [0.1, 0.15) is 40.7 Å². The molecule has 2 aromatic carbocycles. The predicted octanol–water partition coefficient (Wildman–Crippen LogP) is 2.19. The van der Waals surface area contributed by atoms with Crippen molar-refractivity contribution in [2.75, 3.05) is 39.4 Å². The van der Waals surface area contributed by atoms with Crippen molar-refractivity contribution >= 4 is 21.8 Å². The van der Waals surface area contributed by atoms with Gasteiger partial charge in [-0.15, -0.1) is 0 Å². The zero-order valence-electron chi connectivity index (χ0n) is 19.2. The molecule has 182 valence electrons. The normalized spacial score (nSPS) is 17.0. The highest BCUT2D eigenvalue weighted by Crippen LogP contribution is 2.18. The smallest absolute Gasteiger partial charge is 0.253 e. The lowest BCUT2D eigenvalue weighted by Crippen LogP contribution is -2.40. The average Bonchev–Trinajstić information content (AvgIpc) is 3.42. The van der Waals surface area contributed by atoms with E-state index < -0.39 is 10.0 Å². The first-order valence-corrected chi connectivity index (χ1v) is 13.2. The third kappa shape index (κ3) is 6.02. The Balaban J connectivity index is 1.26. The molecule has 2 aromatic rings. The summed E-state index contributed by atoms with van der Waals surface area (Å²) in [6, 6.07) is 14.1. The summed E-state index contributed by atoms with van der Waals surface area (Å²) in [7, 11) is -3.52. The van der Waals surface area contributed by atoms with Crippen molar-refractivity contribution < 1.29 is 22.7 Å². The van der Waals surface area contributed by atoms with Gasteiger partial charge in [-0.3, -0.25) is 9.59 Å². The zero-order valence-corrected chi connectivity index (χ0v) is 20.1. The van der Waals surface area contributed by atoms with Gasteiger partial charge in [0.2, 0.25) is 15.9 Å². The maximum absolute atomic E-state index is 12.7. The Morgan fingerprint density at radius 3 is 2.32 bits per heavy atom. The van der Waals surface area contributed by atoms with Gasteiger partial charge in [-0.05, 0) is 54.7 Å². The van der Waals surface area contributed by atoms with Gasteiger partial charge < -0.3 is 15.0 Å². The van der Waals surface area contributed by atoms with Crippen molar-refractivity contribution in [3.8, 4) is 0 Å². The lowest BCUT2D eigenvalue weighted by molar-refractivity contribution is -0.121.